The molecule has 0 aliphatic carbocycles. The van der Waals surface area contributed by atoms with Crippen molar-refractivity contribution in [2.75, 3.05) is 13.1 Å². The number of benzene rings is 1. The van der Waals surface area contributed by atoms with Crippen LogP contribution in [0.25, 0.3) is 0 Å². The molecule has 1 saturated heterocycles. The third-order valence-corrected chi connectivity index (χ3v) is 4.63. The molecule has 5 nitrogen and oxygen atoms in total. The van der Waals surface area contributed by atoms with Crippen LogP contribution in [0.5, 0.6) is 0 Å². The average Bonchev–Trinajstić information content (AvgIpc) is 2.58. The maximum atomic E-state index is 12.6. The molecule has 2 amide bonds. The van der Waals surface area contributed by atoms with Crippen LogP contribution in [-0.2, 0) is 11.3 Å². The first-order valence-corrected chi connectivity index (χ1v) is 8.32. The van der Waals surface area contributed by atoms with Gasteiger partial charge in [0.2, 0.25) is 5.91 Å². The van der Waals surface area contributed by atoms with Gasteiger partial charge in [-0.3, -0.25) is 9.59 Å². The van der Waals surface area contributed by atoms with E-state index in [2.05, 4.69) is 11.9 Å². The third-order valence-electron chi connectivity index (χ3n) is 4.63. The lowest BCUT2D eigenvalue weighted by atomic mass is 9.83. The van der Waals surface area contributed by atoms with Gasteiger partial charge in [-0.15, -0.1) is 0 Å². The van der Waals surface area contributed by atoms with E-state index in [0.29, 0.717) is 25.2 Å². The van der Waals surface area contributed by atoms with Crippen molar-refractivity contribution in [3.8, 4) is 0 Å². The number of piperidine rings is 1. The molecule has 0 atom stereocenters. The number of amides is 2. The highest BCUT2D eigenvalue weighted by atomic mass is 16.3. The van der Waals surface area contributed by atoms with Gasteiger partial charge in [-0.1, -0.05) is 18.7 Å². The van der Waals surface area contributed by atoms with Gasteiger partial charge >= 0.3 is 0 Å². The Balaban J connectivity index is 1.91. The zero-order valence-electron chi connectivity index (χ0n) is 14.4. The van der Waals surface area contributed by atoms with Gasteiger partial charge in [0, 0.05) is 25.2 Å². The van der Waals surface area contributed by atoms with Crippen LogP contribution in [0.4, 0.5) is 0 Å². The second-order valence-corrected chi connectivity index (χ2v) is 6.84. The summed E-state index contributed by atoms with van der Waals surface area (Å²) >= 11 is 0. The average molecular weight is 330 g/mol. The minimum absolute atomic E-state index is 0.0193. The first kappa shape index (κ1) is 18.2. The summed E-state index contributed by atoms with van der Waals surface area (Å²) in [6.07, 6.45) is 2.87. The zero-order valence-corrected chi connectivity index (χ0v) is 14.4. The highest BCUT2D eigenvalue weighted by Gasteiger charge is 2.32. The van der Waals surface area contributed by atoms with Crippen molar-refractivity contribution >= 4 is 11.8 Å². The van der Waals surface area contributed by atoms with Crippen LogP contribution in [0.2, 0.25) is 0 Å². The molecule has 0 saturated carbocycles. The molecule has 2 rings (SSSR count). The van der Waals surface area contributed by atoms with Crippen molar-refractivity contribution in [2.45, 2.75) is 38.8 Å². The third kappa shape index (κ3) is 4.68. The molecule has 1 fully saturated rings. The Labute approximate surface area is 143 Å². The largest absolute Gasteiger partial charge is 0.390 e. The summed E-state index contributed by atoms with van der Waals surface area (Å²) in [4.78, 5) is 25.6. The van der Waals surface area contributed by atoms with Gasteiger partial charge in [-0.25, -0.2) is 0 Å². The van der Waals surface area contributed by atoms with Gasteiger partial charge in [-0.05, 0) is 56.4 Å². The van der Waals surface area contributed by atoms with Crippen molar-refractivity contribution in [3.05, 3.63) is 48.0 Å². The van der Waals surface area contributed by atoms with E-state index in [9.17, 15) is 14.7 Å². The molecule has 0 radical (unpaired) electrons. The maximum absolute atomic E-state index is 12.6. The van der Waals surface area contributed by atoms with Crippen molar-refractivity contribution < 1.29 is 14.7 Å². The standard InChI is InChI=1S/C19H26N2O3/c1-4-17(22)20-13-14-5-7-15(8-6-14)18(23)21-11-9-16(10-12-21)19(2,3)24/h4-8,16,24H,1,9-13H2,2-3H3,(H,20,22). The Morgan fingerprint density at radius 1 is 1.29 bits per heavy atom. The van der Waals surface area contributed by atoms with Gasteiger partial charge < -0.3 is 15.3 Å². The van der Waals surface area contributed by atoms with Gasteiger partial charge in [-0.2, -0.15) is 0 Å². The molecule has 0 unspecified atom stereocenters. The Morgan fingerprint density at radius 3 is 2.38 bits per heavy atom. The molecule has 0 bridgehead atoms. The molecule has 5 heteroatoms. The lowest BCUT2D eigenvalue weighted by Crippen LogP contribution is -2.44. The lowest BCUT2D eigenvalue weighted by Gasteiger charge is -2.37. The quantitative estimate of drug-likeness (QED) is 0.813. The fourth-order valence-corrected chi connectivity index (χ4v) is 3.00. The maximum Gasteiger partial charge on any atom is 0.253 e. The van der Waals surface area contributed by atoms with Crippen LogP contribution in [0.1, 0.15) is 42.6 Å². The summed E-state index contributed by atoms with van der Waals surface area (Å²) < 4.78 is 0. The normalized spacial score (nSPS) is 15.9. The number of carbonyl (C=O) groups is 2. The van der Waals surface area contributed by atoms with E-state index < -0.39 is 5.60 Å². The van der Waals surface area contributed by atoms with Crippen LogP contribution < -0.4 is 5.32 Å². The van der Waals surface area contributed by atoms with E-state index in [0.717, 1.165) is 18.4 Å². The second kappa shape index (κ2) is 7.62. The summed E-state index contributed by atoms with van der Waals surface area (Å²) in [5.41, 5.74) is 0.894. The summed E-state index contributed by atoms with van der Waals surface area (Å²) in [5, 5.41) is 12.8. The molecule has 1 aromatic carbocycles. The molecule has 1 aliphatic heterocycles. The Morgan fingerprint density at radius 2 is 1.88 bits per heavy atom. The molecule has 0 aromatic heterocycles. The lowest BCUT2D eigenvalue weighted by molar-refractivity contribution is -0.116. The highest BCUT2D eigenvalue weighted by Crippen LogP contribution is 2.28. The van der Waals surface area contributed by atoms with Gasteiger partial charge in [0.15, 0.2) is 0 Å². The fourth-order valence-electron chi connectivity index (χ4n) is 3.00. The van der Waals surface area contributed by atoms with Crippen LogP contribution in [0.3, 0.4) is 0 Å². The van der Waals surface area contributed by atoms with E-state index >= 15 is 0 Å². The number of aliphatic hydroxyl groups is 1. The molecule has 0 spiro atoms. The Kier molecular flexibility index (Phi) is 5.78. The summed E-state index contributed by atoms with van der Waals surface area (Å²) in [5.74, 6) is 0.0353. The molecule has 1 aromatic rings. The van der Waals surface area contributed by atoms with E-state index in [1.54, 1.807) is 12.1 Å². The zero-order chi connectivity index (χ0) is 17.7. The minimum atomic E-state index is -0.688. The Bertz CT molecular complexity index is 594. The van der Waals surface area contributed by atoms with Crippen LogP contribution >= 0.6 is 0 Å². The highest BCUT2D eigenvalue weighted by molar-refractivity contribution is 5.94. The summed E-state index contributed by atoms with van der Waals surface area (Å²) in [7, 11) is 0. The van der Waals surface area contributed by atoms with Gasteiger partial charge in [0.25, 0.3) is 5.91 Å². The van der Waals surface area contributed by atoms with Crippen molar-refractivity contribution in [1.29, 1.82) is 0 Å². The summed E-state index contributed by atoms with van der Waals surface area (Å²) in [6.45, 7) is 8.82. The smallest absolute Gasteiger partial charge is 0.253 e. The topological polar surface area (TPSA) is 69.6 Å². The van der Waals surface area contributed by atoms with Gasteiger partial charge in [0.1, 0.15) is 0 Å². The predicted molar refractivity (Wildman–Crippen MR) is 93.4 cm³/mol. The van der Waals surface area contributed by atoms with Crippen LogP contribution in [0.15, 0.2) is 36.9 Å². The fraction of sp³-hybridized carbons (Fsp3) is 0.474. The van der Waals surface area contributed by atoms with E-state index in [-0.39, 0.29) is 17.7 Å². The Hall–Kier alpha value is -2.14. The first-order valence-electron chi connectivity index (χ1n) is 8.32. The number of hydrogen-bond donors (Lipinski definition) is 2. The number of carbonyl (C=O) groups excluding carboxylic acids is 2. The van der Waals surface area contributed by atoms with E-state index in [1.807, 2.05) is 30.9 Å². The molecule has 130 valence electrons. The number of likely N-dealkylation sites (tertiary alicyclic amines) is 1. The number of nitrogens with zero attached hydrogens (tertiary/aromatic N) is 1. The SMILES string of the molecule is C=CC(=O)NCc1ccc(C(=O)N2CCC(C(C)(C)O)CC2)cc1. The number of hydrogen-bond acceptors (Lipinski definition) is 3. The molecular formula is C19H26N2O3. The predicted octanol–water partition coefficient (Wildman–Crippen LogP) is 2.11. The summed E-state index contributed by atoms with van der Waals surface area (Å²) in [6, 6.07) is 7.28. The van der Waals surface area contributed by atoms with Crippen LogP contribution in [-0.4, -0.2) is 40.5 Å². The second-order valence-electron chi connectivity index (χ2n) is 6.84. The molecule has 1 aliphatic rings. The van der Waals surface area contributed by atoms with Crippen LogP contribution in [0, 0.1) is 5.92 Å². The van der Waals surface area contributed by atoms with E-state index in [4.69, 9.17) is 0 Å². The monoisotopic (exact) mass is 330 g/mol. The van der Waals surface area contributed by atoms with Crippen molar-refractivity contribution in [3.63, 3.8) is 0 Å². The molecule has 24 heavy (non-hydrogen) atoms. The molecule has 1 heterocycles. The molecular weight excluding hydrogens is 304 g/mol. The minimum Gasteiger partial charge on any atom is -0.390 e. The van der Waals surface area contributed by atoms with Crippen molar-refractivity contribution in [1.82, 2.24) is 10.2 Å². The van der Waals surface area contributed by atoms with E-state index in [1.165, 1.54) is 6.08 Å². The van der Waals surface area contributed by atoms with Crippen molar-refractivity contribution in [2.24, 2.45) is 5.92 Å². The number of nitrogens with one attached hydrogen (secondary N) is 1. The number of rotatable bonds is 5. The molecule has 2 N–H and O–H groups in total. The first-order chi connectivity index (χ1) is 11.3. The van der Waals surface area contributed by atoms with Gasteiger partial charge in [0.05, 0.1) is 5.60 Å².